The molecule has 92 valence electrons. The van der Waals surface area contributed by atoms with Crippen molar-refractivity contribution in [3.63, 3.8) is 0 Å². The number of hydrogen-bond donors (Lipinski definition) is 1. The smallest absolute Gasteiger partial charge is 0.131 e. The molecular formula is C12H14BrClN2O. The number of ether oxygens (including phenoxy) is 1. The fraction of sp³-hybridized carbons (Fsp3) is 0.583. The van der Waals surface area contributed by atoms with Gasteiger partial charge in [-0.25, -0.2) is 4.98 Å². The number of nitrogens with one attached hydrogen (secondary N) is 1. The molecule has 1 N–H and O–H groups in total. The van der Waals surface area contributed by atoms with Crippen LogP contribution >= 0.6 is 27.5 Å². The van der Waals surface area contributed by atoms with E-state index in [1.807, 2.05) is 0 Å². The number of pyridine rings is 1. The molecule has 1 saturated carbocycles. The zero-order chi connectivity index (χ0) is 12.0. The van der Waals surface area contributed by atoms with Crippen molar-refractivity contribution < 1.29 is 4.74 Å². The SMILES string of the molecule is CO[C@H]1CC[C@@]2(CNc3ncc(Br)c(Cl)c32)C1. The molecule has 1 fully saturated rings. The summed E-state index contributed by atoms with van der Waals surface area (Å²) < 4.78 is 6.36. The van der Waals surface area contributed by atoms with Gasteiger partial charge >= 0.3 is 0 Å². The lowest BCUT2D eigenvalue weighted by molar-refractivity contribution is 0.104. The maximum atomic E-state index is 6.43. The molecule has 0 bridgehead atoms. The predicted octanol–water partition coefficient (Wildman–Crippen LogP) is 3.36. The van der Waals surface area contributed by atoms with Gasteiger partial charge in [0.25, 0.3) is 0 Å². The Morgan fingerprint density at radius 2 is 2.47 bits per heavy atom. The summed E-state index contributed by atoms with van der Waals surface area (Å²) in [6.07, 6.45) is 5.35. The van der Waals surface area contributed by atoms with Gasteiger partial charge in [0.05, 0.1) is 15.6 Å². The highest BCUT2D eigenvalue weighted by Gasteiger charge is 2.47. The lowest BCUT2D eigenvalue weighted by Crippen LogP contribution is -2.26. The molecule has 1 aromatic rings. The van der Waals surface area contributed by atoms with Crippen LogP contribution in [0, 0.1) is 0 Å². The van der Waals surface area contributed by atoms with Gasteiger partial charge in [0.2, 0.25) is 0 Å². The van der Waals surface area contributed by atoms with Crippen LogP contribution in [0.25, 0.3) is 0 Å². The number of methoxy groups -OCH3 is 1. The summed E-state index contributed by atoms with van der Waals surface area (Å²) in [4.78, 5) is 4.41. The van der Waals surface area contributed by atoms with E-state index in [-0.39, 0.29) is 5.41 Å². The van der Waals surface area contributed by atoms with Crippen LogP contribution in [0.1, 0.15) is 24.8 Å². The fourth-order valence-electron chi connectivity index (χ4n) is 3.09. The second kappa shape index (κ2) is 4.11. The van der Waals surface area contributed by atoms with Gasteiger partial charge in [-0.05, 0) is 35.2 Å². The zero-order valence-corrected chi connectivity index (χ0v) is 11.9. The van der Waals surface area contributed by atoms with Crippen molar-refractivity contribution in [1.29, 1.82) is 0 Å². The van der Waals surface area contributed by atoms with Gasteiger partial charge in [0.15, 0.2) is 0 Å². The molecule has 0 saturated heterocycles. The van der Waals surface area contributed by atoms with Crippen molar-refractivity contribution in [3.8, 4) is 0 Å². The number of halogens is 2. The Kier molecular flexibility index (Phi) is 2.84. The van der Waals surface area contributed by atoms with E-state index in [1.54, 1.807) is 13.3 Å². The van der Waals surface area contributed by atoms with Crippen molar-refractivity contribution in [2.45, 2.75) is 30.8 Å². The molecule has 0 aromatic carbocycles. The summed E-state index contributed by atoms with van der Waals surface area (Å²) in [6.45, 7) is 0.922. The number of aromatic nitrogens is 1. The third kappa shape index (κ3) is 1.69. The number of hydrogen-bond acceptors (Lipinski definition) is 3. The molecule has 17 heavy (non-hydrogen) atoms. The minimum Gasteiger partial charge on any atom is -0.381 e. The first kappa shape index (κ1) is 11.8. The average Bonchev–Trinajstić information content (AvgIpc) is 2.90. The summed E-state index contributed by atoms with van der Waals surface area (Å²) in [7, 11) is 1.79. The second-order valence-electron chi connectivity index (χ2n) is 4.88. The number of rotatable bonds is 1. The van der Waals surface area contributed by atoms with Crippen LogP contribution in [0.5, 0.6) is 0 Å². The van der Waals surface area contributed by atoms with E-state index in [4.69, 9.17) is 16.3 Å². The van der Waals surface area contributed by atoms with Gasteiger partial charge in [0, 0.05) is 30.8 Å². The molecule has 2 atom stereocenters. The minimum absolute atomic E-state index is 0.115. The average molecular weight is 318 g/mol. The van der Waals surface area contributed by atoms with E-state index >= 15 is 0 Å². The number of fused-ring (bicyclic) bond motifs is 2. The second-order valence-corrected chi connectivity index (χ2v) is 6.11. The van der Waals surface area contributed by atoms with Crippen molar-refractivity contribution >= 4 is 33.3 Å². The monoisotopic (exact) mass is 316 g/mol. The van der Waals surface area contributed by atoms with Crippen LogP contribution in [-0.4, -0.2) is 24.7 Å². The Morgan fingerprint density at radius 1 is 1.65 bits per heavy atom. The highest BCUT2D eigenvalue weighted by molar-refractivity contribution is 9.10. The molecule has 0 amide bonds. The fourth-order valence-corrected chi connectivity index (χ4v) is 3.73. The van der Waals surface area contributed by atoms with Crippen molar-refractivity contribution in [2.24, 2.45) is 0 Å². The van der Waals surface area contributed by atoms with Crippen LogP contribution < -0.4 is 5.32 Å². The van der Waals surface area contributed by atoms with Crippen LogP contribution in [-0.2, 0) is 10.2 Å². The van der Waals surface area contributed by atoms with Gasteiger partial charge in [-0.15, -0.1) is 0 Å². The number of nitrogens with zero attached hydrogens (tertiary/aromatic N) is 1. The summed E-state index contributed by atoms with van der Waals surface area (Å²) in [5, 5.41) is 4.18. The first-order valence-corrected chi connectivity index (χ1v) is 6.94. The summed E-state index contributed by atoms with van der Waals surface area (Å²) in [5.74, 6) is 0.940. The molecule has 3 nitrogen and oxygen atoms in total. The van der Waals surface area contributed by atoms with Crippen LogP contribution in [0.15, 0.2) is 10.7 Å². The maximum absolute atomic E-state index is 6.43. The molecule has 2 heterocycles. The van der Waals surface area contributed by atoms with E-state index in [9.17, 15) is 0 Å². The van der Waals surface area contributed by atoms with Crippen LogP contribution in [0.4, 0.5) is 5.82 Å². The van der Waals surface area contributed by atoms with Crippen molar-refractivity contribution in [3.05, 3.63) is 21.3 Å². The molecule has 0 unspecified atom stereocenters. The summed E-state index contributed by atoms with van der Waals surface area (Å²) in [6, 6.07) is 0. The van der Waals surface area contributed by atoms with E-state index in [2.05, 4.69) is 26.2 Å². The Hall–Kier alpha value is -0.320. The first-order valence-electron chi connectivity index (χ1n) is 5.77. The molecule has 2 aliphatic rings. The van der Waals surface area contributed by atoms with Gasteiger partial charge in [-0.1, -0.05) is 11.6 Å². The molecule has 3 rings (SSSR count). The lowest BCUT2D eigenvalue weighted by atomic mass is 9.81. The maximum Gasteiger partial charge on any atom is 0.131 e. The molecule has 1 spiro atoms. The molecule has 1 aliphatic carbocycles. The van der Waals surface area contributed by atoms with Crippen LogP contribution in [0.3, 0.4) is 0 Å². The Labute approximate surface area is 114 Å². The summed E-state index contributed by atoms with van der Waals surface area (Å²) >= 11 is 9.89. The van der Waals surface area contributed by atoms with E-state index in [0.717, 1.165) is 41.1 Å². The van der Waals surface area contributed by atoms with E-state index in [0.29, 0.717) is 6.10 Å². The molecular weight excluding hydrogens is 304 g/mol. The first-order chi connectivity index (χ1) is 8.16. The minimum atomic E-state index is 0.115. The lowest BCUT2D eigenvalue weighted by Gasteiger charge is -2.24. The third-order valence-electron chi connectivity index (χ3n) is 3.99. The number of anilines is 1. The van der Waals surface area contributed by atoms with Gasteiger partial charge in [-0.3, -0.25) is 0 Å². The Morgan fingerprint density at radius 3 is 3.18 bits per heavy atom. The highest BCUT2D eigenvalue weighted by Crippen LogP contribution is 2.51. The van der Waals surface area contributed by atoms with Crippen molar-refractivity contribution in [1.82, 2.24) is 4.98 Å². The highest BCUT2D eigenvalue weighted by atomic mass is 79.9. The topological polar surface area (TPSA) is 34.1 Å². The zero-order valence-electron chi connectivity index (χ0n) is 9.59. The summed E-state index contributed by atoms with van der Waals surface area (Å²) in [5.41, 5.74) is 1.29. The normalized spacial score (nSPS) is 30.6. The third-order valence-corrected chi connectivity index (χ3v) is 5.22. The Balaban J connectivity index is 2.06. The predicted molar refractivity (Wildman–Crippen MR) is 71.8 cm³/mol. The molecule has 0 radical (unpaired) electrons. The largest absolute Gasteiger partial charge is 0.381 e. The van der Waals surface area contributed by atoms with E-state index < -0.39 is 0 Å². The van der Waals surface area contributed by atoms with Gasteiger partial charge in [-0.2, -0.15) is 0 Å². The molecule has 1 aliphatic heterocycles. The van der Waals surface area contributed by atoms with Gasteiger partial charge in [0.1, 0.15) is 5.82 Å². The molecule has 5 heteroatoms. The van der Waals surface area contributed by atoms with Crippen molar-refractivity contribution in [2.75, 3.05) is 19.0 Å². The molecule has 1 aromatic heterocycles. The quantitative estimate of drug-likeness (QED) is 0.862. The standard InChI is InChI=1S/C12H14BrClN2O/c1-17-7-2-3-12(4-7)6-16-11-9(12)10(14)8(13)5-15-11/h5,7H,2-4,6H2,1H3,(H,15,16)/t7-,12-/m0/s1. The van der Waals surface area contributed by atoms with Crippen LogP contribution in [0.2, 0.25) is 5.02 Å². The van der Waals surface area contributed by atoms with Gasteiger partial charge < -0.3 is 10.1 Å². The Bertz CT molecular complexity index is 468. The van der Waals surface area contributed by atoms with E-state index in [1.165, 1.54) is 5.56 Å².